The molecule has 4 nitrogen and oxygen atoms in total. The van der Waals surface area contributed by atoms with E-state index in [-0.39, 0.29) is 12.2 Å². The van der Waals surface area contributed by atoms with Gasteiger partial charge < -0.3 is 14.8 Å². The molecule has 1 rings (SSSR count). The van der Waals surface area contributed by atoms with E-state index in [9.17, 15) is 4.57 Å². The molecule has 2 N–H and O–H groups in total. The second-order valence-electron chi connectivity index (χ2n) is 3.18. The van der Waals surface area contributed by atoms with Crippen LogP contribution in [0.1, 0.15) is 11.6 Å². The second kappa shape index (κ2) is 5.42. The fourth-order valence-electron chi connectivity index (χ4n) is 1.27. The molecule has 15 heavy (non-hydrogen) atoms. The van der Waals surface area contributed by atoms with E-state index in [2.05, 4.69) is 0 Å². The average molecular weight is 229 g/mol. The minimum atomic E-state index is -3.03. The maximum absolute atomic E-state index is 11.8. The van der Waals surface area contributed by atoms with Crippen LogP contribution < -0.4 is 5.73 Å². The first-order valence-corrected chi connectivity index (χ1v) is 6.35. The van der Waals surface area contributed by atoms with Gasteiger partial charge in [0, 0.05) is 20.3 Å². The zero-order valence-electron chi connectivity index (χ0n) is 8.92. The van der Waals surface area contributed by atoms with Crippen molar-refractivity contribution in [2.45, 2.75) is 6.04 Å². The predicted molar refractivity (Wildman–Crippen MR) is 59.9 cm³/mol. The van der Waals surface area contributed by atoms with E-state index in [4.69, 9.17) is 14.8 Å². The van der Waals surface area contributed by atoms with Crippen LogP contribution in [0.5, 0.6) is 0 Å². The van der Waals surface area contributed by atoms with E-state index < -0.39 is 7.60 Å². The molecule has 0 saturated heterocycles. The van der Waals surface area contributed by atoms with E-state index in [0.29, 0.717) is 0 Å². The molecular weight excluding hydrogens is 213 g/mol. The van der Waals surface area contributed by atoms with Crippen LogP contribution in [0.3, 0.4) is 0 Å². The van der Waals surface area contributed by atoms with Crippen LogP contribution in [0.2, 0.25) is 0 Å². The van der Waals surface area contributed by atoms with Gasteiger partial charge in [0.05, 0.1) is 6.16 Å². The number of nitrogens with two attached hydrogens (primary N) is 1. The first-order valence-electron chi connectivity index (χ1n) is 4.62. The van der Waals surface area contributed by atoms with Crippen molar-refractivity contribution in [2.24, 2.45) is 5.73 Å². The fourth-order valence-corrected chi connectivity index (χ4v) is 2.41. The summed E-state index contributed by atoms with van der Waals surface area (Å²) in [6.45, 7) is 0. The molecular formula is C10H16NO3P. The third-order valence-corrected chi connectivity index (χ3v) is 4.16. The lowest BCUT2D eigenvalue weighted by Crippen LogP contribution is -2.16. The average Bonchev–Trinajstić information content (AvgIpc) is 2.30. The Hall–Kier alpha value is -0.670. The van der Waals surface area contributed by atoms with Gasteiger partial charge in [-0.3, -0.25) is 4.57 Å². The van der Waals surface area contributed by atoms with E-state index >= 15 is 0 Å². The summed E-state index contributed by atoms with van der Waals surface area (Å²) in [5, 5.41) is 0. The van der Waals surface area contributed by atoms with Crippen LogP contribution in [-0.4, -0.2) is 20.4 Å². The largest absolute Gasteiger partial charge is 0.332 e. The fraction of sp³-hybridized carbons (Fsp3) is 0.400. The van der Waals surface area contributed by atoms with Crippen LogP contribution in [0.15, 0.2) is 30.3 Å². The van der Waals surface area contributed by atoms with Gasteiger partial charge in [-0.2, -0.15) is 0 Å². The Kier molecular flexibility index (Phi) is 4.48. The van der Waals surface area contributed by atoms with Gasteiger partial charge in [-0.05, 0) is 5.56 Å². The standard InChI is InChI=1S/C10H16NO3P/c1-13-15(12,14-2)8-10(11)9-6-4-3-5-7-9/h3-7,10H,8,11H2,1-2H3/t10-/m0/s1. The predicted octanol–water partition coefficient (Wildman–Crippen LogP) is 2.17. The second-order valence-corrected chi connectivity index (χ2v) is 5.49. The summed E-state index contributed by atoms with van der Waals surface area (Å²) in [7, 11) is -0.302. The molecule has 0 aliphatic rings. The number of rotatable bonds is 5. The van der Waals surface area contributed by atoms with Crippen molar-refractivity contribution in [2.75, 3.05) is 20.4 Å². The summed E-state index contributed by atoms with van der Waals surface area (Å²) in [5.74, 6) is 0. The van der Waals surface area contributed by atoms with Gasteiger partial charge in [0.25, 0.3) is 0 Å². The molecule has 0 spiro atoms. The normalized spacial score (nSPS) is 13.8. The minimum Gasteiger partial charge on any atom is -0.323 e. The van der Waals surface area contributed by atoms with Gasteiger partial charge in [0.2, 0.25) is 0 Å². The molecule has 84 valence electrons. The van der Waals surface area contributed by atoms with E-state index in [1.807, 2.05) is 30.3 Å². The Morgan fingerprint density at radius 2 is 1.80 bits per heavy atom. The van der Waals surface area contributed by atoms with E-state index in [1.54, 1.807) is 0 Å². The molecule has 0 aliphatic carbocycles. The Balaban J connectivity index is 2.71. The summed E-state index contributed by atoms with van der Waals surface area (Å²) in [4.78, 5) is 0. The quantitative estimate of drug-likeness (QED) is 0.786. The van der Waals surface area contributed by atoms with E-state index in [1.165, 1.54) is 14.2 Å². The molecule has 0 saturated carbocycles. The van der Waals surface area contributed by atoms with Gasteiger partial charge in [-0.25, -0.2) is 0 Å². The molecule has 0 radical (unpaired) electrons. The van der Waals surface area contributed by atoms with Crippen LogP contribution in [0.25, 0.3) is 0 Å². The van der Waals surface area contributed by atoms with Gasteiger partial charge in [0.1, 0.15) is 0 Å². The maximum atomic E-state index is 11.8. The van der Waals surface area contributed by atoms with Crippen molar-refractivity contribution in [3.63, 3.8) is 0 Å². The van der Waals surface area contributed by atoms with Crippen LogP contribution in [0.4, 0.5) is 0 Å². The molecule has 0 heterocycles. The van der Waals surface area contributed by atoms with Crippen LogP contribution in [-0.2, 0) is 13.6 Å². The first-order chi connectivity index (χ1) is 7.11. The highest BCUT2D eigenvalue weighted by atomic mass is 31.2. The Bertz CT molecular complexity index is 334. The summed E-state index contributed by atoms with van der Waals surface area (Å²) in [6.07, 6.45) is 0.185. The third kappa shape index (κ3) is 3.43. The minimum absolute atomic E-state index is 0.185. The van der Waals surface area contributed by atoms with Crippen molar-refractivity contribution in [3.8, 4) is 0 Å². The summed E-state index contributed by atoms with van der Waals surface area (Å²) in [5.41, 5.74) is 6.82. The smallest absolute Gasteiger partial charge is 0.323 e. The molecule has 0 bridgehead atoms. The summed E-state index contributed by atoms with van der Waals surface area (Å²) in [6, 6.07) is 9.12. The van der Waals surface area contributed by atoms with Crippen molar-refractivity contribution in [3.05, 3.63) is 35.9 Å². The summed E-state index contributed by atoms with van der Waals surface area (Å²) < 4.78 is 21.5. The zero-order valence-corrected chi connectivity index (χ0v) is 9.81. The maximum Gasteiger partial charge on any atom is 0.332 e. The lowest BCUT2D eigenvalue weighted by Gasteiger charge is -2.18. The molecule has 1 aromatic carbocycles. The Morgan fingerprint density at radius 1 is 1.27 bits per heavy atom. The number of benzene rings is 1. The molecule has 0 fully saturated rings. The SMILES string of the molecule is COP(=O)(C[C@H](N)c1ccccc1)OC. The molecule has 1 aromatic rings. The van der Waals surface area contributed by atoms with Gasteiger partial charge in [-0.1, -0.05) is 30.3 Å². The van der Waals surface area contributed by atoms with Crippen LogP contribution >= 0.6 is 7.60 Å². The molecule has 0 amide bonds. The monoisotopic (exact) mass is 229 g/mol. The lowest BCUT2D eigenvalue weighted by molar-refractivity contribution is 0.273. The molecule has 5 heteroatoms. The Morgan fingerprint density at radius 3 is 2.27 bits per heavy atom. The van der Waals surface area contributed by atoms with Gasteiger partial charge >= 0.3 is 7.60 Å². The lowest BCUT2D eigenvalue weighted by atomic mass is 10.1. The number of hydrogen-bond acceptors (Lipinski definition) is 4. The first kappa shape index (κ1) is 12.4. The molecule has 0 unspecified atom stereocenters. The van der Waals surface area contributed by atoms with Crippen molar-refractivity contribution < 1.29 is 13.6 Å². The van der Waals surface area contributed by atoms with Crippen molar-refractivity contribution in [1.82, 2.24) is 0 Å². The van der Waals surface area contributed by atoms with Crippen molar-refractivity contribution in [1.29, 1.82) is 0 Å². The topological polar surface area (TPSA) is 61.5 Å². The van der Waals surface area contributed by atoms with E-state index in [0.717, 1.165) is 5.56 Å². The number of hydrogen-bond donors (Lipinski definition) is 1. The summed E-state index contributed by atoms with van der Waals surface area (Å²) >= 11 is 0. The van der Waals surface area contributed by atoms with Crippen molar-refractivity contribution >= 4 is 7.60 Å². The highest BCUT2D eigenvalue weighted by Gasteiger charge is 2.25. The zero-order chi connectivity index (χ0) is 11.3. The highest BCUT2D eigenvalue weighted by molar-refractivity contribution is 7.53. The molecule has 0 aromatic heterocycles. The molecule has 0 aliphatic heterocycles. The molecule has 1 atom stereocenters. The Labute approximate surface area is 89.9 Å². The van der Waals surface area contributed by atoms with Crippen LogP contribution in [0, 0.1) is 0 Å². The third-order valence-electron chi connectivity index (χ3n) is 2.20. The highest BCUT2D eigenvalue weighted by Crippen LogP contribution is 2.48. The van der Waals surface area contributed by atoms with Gasteiger partial charge in [-0.15, -0.1) is 0 Å². The van der Waals surface area contributed by atoms with Gasteiger partial charge in [0.15, 0.2) is 0 Å².